The topological polar surface area (TPSA) is 129 Å². The highest BCUT2D eigenvalue weighted by atomic mass is 16.7. The van der Waals surface area contributed by atoms with Gasteiger partial charge in [-0.15, -0.1) is 0 Å². The van der Waals surface area contributed by atoms with Crippen LogP contribution in [0.5, 0.6) is 0 Å². The van der Waals surface area contributed by atoms with Crippen LogP contribution in [-0.2, 0) is 33.3 Å². The number of hydrogen-bond acceptors (Lipinski definition) is 9. The summed E-state index contributed by atoms with van der Waals surface area (Å²) in [6, 6.07) is 0. The van der Waals surface area contributed by atoms with Gasteiger partial charge < -0.3 is 29.2 Å². The number of aliphatic hydroxyl groups excluding tert-OH is 2. The second kappa shape index (κ2) is 7.34. The lowest BCUT2D eigenvalue weighted by Gasteiger charge is -2.41. The van der Waals surface area contributed by atoms with Gasteiger partial charge in [0.2, 0.25) is 0 Å². The number of carbonyl (C=O) groups is 3. The van der Waals surface area contributed by atoms with E-state index in [1.807, 2.05) is 0 Å². The van der Waals surface area contributed by atoms with E-state index in [1.54, 1.807) is 0 Å². The zero-order chi connectivity index (χ0) is 16.2. The maximum absolute atomic E-state index is 11.1. The quantitative estimate of drug-likeness (QED) is 0.470. The van der Waals surface area contributed by atoms with Gasteiger partial charge in [0.1, 0.15) is 18.8 Å². The fraction of sp³-hybridized carbons (Fsp3) is 0.750. The molecular formula is C12H18O9. The van der Waals surface area contributed by atoms with Gasteiger partial charge in [-0.05, 0) is 0 Å². The van der Waals surface area contributed by atoms with E-state index in [0.717, 1.165) is 13.8 Å². The highest BCUT2D eigenvalue weighted by Crippen LogP contribution is 2.25. The first-order valence-corrected chi connectivity index (χ1v) is 6.21. The Balaban J connectivity index is 2.94. The van der Waals surface area contributed by atoms with Gasteiger partial charge in [-0.1, -0.05) is 0 Å². The molecule has 1 heterocycles. The predicted molar refractivity (Wildman–Crippen MR) is 64.6 cm³/mol. The molecule has 1 rings (SSSR count). The minimum Gasteiger partial charge on any atom is -0.463 e. The van der Waals surface area contributed by atoms with Crippen LogP contribution < -0.4 is 0 Å². The molecule has 9 heteroatoms. The fourth-order valence-corrected chi connectivity index (χ4v) is 1.90. The number of ether oxygens (including phenoxy) is 4. The standard InChI is InChI=1S/C12H18O9/c1-5(13)18-4-8-10(19-6(2)14)11(20-7(3)15)9(16)12(17)21-8/h8-12,16-17H,4H2,1-3H3/t8?,9-,10-,11+,12-/m0/s1. The van der Waals surface area contributed by atoms with E-state index in [4.69, 9.17) is 18.9 Å². The molecule has 0 aromatic carbocycles. The zero-order valence-corrected chi connectivity index (χ0v) is 11.8. The van der Waals surface area contributed by atoms with E-state index < -0.39 is 48.6 Å². The molecule has 1 aliphatic heterocycles. The Hall–Kier alpha value is -1.71. The Morgan fingerprint density at radius 1 is 0.952 bits per heavy atom. The Morgan fingerprint density at radius 3 is 1.95 bits per heavy atom. The summed E-state index contributed by atoms with van der Waals surface area (Å²) in [5.41, 5.74) is 0. The van der Waals surface area contributed by atoms with Gasteiger partial charge >= 0.3 is 17.9 Å². The van der Waals surface area contributed by atoms with Gasteiger partial charge in [-0.3, -0.25) is 14.4 Å². The third-order valence-electron chi connectivity index (χ3n) is 2.69. The van der Waals surface area contributed by atoms with Crippen LogP contribution in [0.4, 0.5) is 0 Å². The SMILES string of the molecule is CC(=O)OCC1O[C@H](O)[C@@H](O)[C@@H](OC(C)=O)[C@H]1OC(C)=O. The molecule has 5 atom stereocenters. The smallest absolute Gasteiger partial charge is 0.303 e. The Morgan fingerprint density at radius 2 is 1.48 bits per heavy atom. The van der Waals surface area contributed by atoms with Gasteiger partial charge in [-0.25, -0.2) is 0 Å². The lowest BCUT2D eigenvalue weighted by atomic mass is 9.98. The van der Waals surface area contributed by atoms with E-state index in [1.165, 1.54) is 6.92 Å². The normalized spacial score (nSPS) is 32.1. The van der Waals surface area contributed by atoms with E-state index in [2.05, 4.69) is 0 Å². The largest absolute Gasteiger partial charge is 0.463 e. The first-order chi connectivity index (χ1) is 9.72. The third-order valence-corrected chi connectivity index (χ3v) is 2.69. The molecule has 2 N–H and O–H groups in total. The van der Waals surface area contributed by atoms with Crippen LogP contribution in [-0.4, -0.2) is 65.4 Å². The monoisotopic (exact) mass is 306 g/mol. The molecule has 0 spiro atoms. The molecule has 0 aromatic heterocycles. The highest BCUT2D eigenvalue weighted by molar-refractivity contribution is 5.67. The van der Waals surface area contributed by atoms with Crippen molar-refractivity contribution in [3.8, 4) is 0 Å². The van der Waals surface area contributed by atoms with E-state index in [0.29, 0.717) is 0 Å². The van der Waals surface area contributed by atoms with Crippen LogP contribution in [0.15, 0.2) is 0 Å². The molecule has 21 heavy (non-hydrogen) atoms. The molecule has 9 nitrogen and oxygen atoms in total. The van der Waals surface area contributed by atoms with E-state index in [9.17, 15) is 24.6 Å². The first kappa shape index (κ1) is 17.3. The molecule has 0 saturated carbocycles. The van der Waals surface area contributed by atoms with Crippen LogP contribution in [0.25, 0.3) is 0 Å². The molecule has 0 bridgehead atoms. The second-order valence-corrected chi connectivity index (χ2v) is 4.51. The summed E-state index contributed by atoms with van der Waals surface area (Å²) in [6.45, 7) is 3.04. The van der Waals surface area contributed by atoms with Crippen LogP contribution in [0.1, 0.15) is 20.8 Å². The van der Waals surface area contributed by atoms with Gasteiger partial charge in [0.05, 0.1) is 0 Å². The Kier molecular flexibility index (Phi) is 6.06. The Bertz CT molecular complexity index is 408. The highest BCUT2D eigenvalue weighted by Gasteiger charge is 2.49. The molecule has 0 aliphatic carbocycles. The van der Waals surface area contributed by atoms with Crippen molar-refractivity contribution in [1.82, 2.24) is 0 Å². The van der Waals surface area contributed by atoms with Gasteiger partial charge in [0, 0.05) is 20.8 Å². The molecule has 1 aliphatic rings. The summed E-state index contributed by atoms with van der Waals surface area (Å²) in [6.07, 6.45) is -6.92. The summed E-state index contributed by atoms with van der Waals surface area (Å²) in [5.74, 6) is -2.06. The van der Waals surface area contributed by atoms with Crippen LogP contribution in [0, 0.1) is 0 Å². The van der Waals surface area contributed by atoms with Crippen molar-refractivity contribution in [2.75, 3.05) is 6.61 Å². The summed E-state index contributed by atoms with van der Waals surface area (Å²) < 4.78 is 19.6. The summed E-state index contributed by atoms with van der Waals surface area (Å²) in [4.78, 5) is 33.1. The number of rotatable bonds is 4. The minimum atomic E-state index is -1.68. The average Bonchev–Trinajstić information content (AvgIpc) is 2.35. The molecule has 1 unspecified atom stereocenters. The molecule has 0 aromatic rings. The van der Waals surface area contributed by atoms with Crippen molar-refractivity contribution in [3.05, 3.63) is 0 Å². The van der Waals surface area contributed by atoms with Crippen molar-refractivity contribution in [2.24, 2.45) is 0 Å². The molecule has 0 radical (unpaired) electrons. The van der Waals surface area contributed by atoms with Crippen molar-refractivity contribution in [3.63, 3.8) is 0 Å². The lowest BCUT2D eigenvalue weighted by molar-refractivity contribution is -0.293. The van der Waals surface area contributed by atoms with Gasteiger partial charge in [0.25, 0.3) is 0 Å². The maximum Gasteiger partial charge on any atom is 0.303 e. The summed E-state index contributed by atoms with van der Waals surface area (Å²) in [7, 11) is 0. The number of hydrogen-bond donors (Lipinski definition) is 2. The number of aliphatic hydroxyl groups is 2. The predicted octanol–water partition coefficient (Wildman–Crippen LogP) is -1.51. The maximum atomic E-state index is 11.1. The molecule has 120 valence electrons. The molecular weight excluding hydrogens is 288 g/mol. The third kappa shape index (κ3) is 4.96. The average molecular weight is 306 g/mol. The van der Waals surface area contributed by atoms with Crippen LogP contribution >= 0.6 is 0 Å². The van der Waals surface area contributed by atoms with Crippen molar-refractivity contribution >= 4 is 17.9 Å². The van der Waals surface area contributed by atoms with Crippen LogP contribution in [0.2, 0.25) is 0 Å². The van der Waals surface area contributed by atoms with Crippen molar-refractivity contribution in [1.29, 1.82) is 0 Å². The minimum absolute atomic E-state index is 0.338. The number of carbonyl (C=O) groups excluding carboxylic acids is 3. The fourth-order valence-electron chi connectivity index (χ4n) is 1.90. The van der Waals surface area contributed by atoms with Crippen molar-refractivity contribution < 1.29 is 43.5 Å². The van der Waals surface area contributed by atoms with E-state index in [-0.39, 0.29) is 6.61 Å². The van der Waals surface area contributed by atoms with Gasteiger partial charge in [-0.2, -0.15) is 0 Å². The Labute approximate surface area is 120 Å². The van der Waals surface area contributed by atoms with Crippen LogP contribution in [0.3, 0.4) is 0 Å². The first-order valence-electron chi connectivity index (χ1n) is 6.21. The molecule has 1 saturated heterocycles. The molecule has 0 amide bonds. The summed E-state index contributed by atoms with van der Waals surface area (Å²) >= 11 is 0. The molecule has 1 fully saturated rings. The zero-order valence-electron chi connectivity index (χ0n) is 11.8. The van der Waals surface area contributed by atoms with E-state index >= 15 is 0 Å². The summed E-state index contributed by atoms with van der Waals surface area (Å²) in [5, 5.41) is 19.4. The second-order valence-electron chi connectivity index (χ2n) is 4.51. The van der Waals surface area contributed by atoms with Gasteiger partial charge in [0.15, 0.2) is 18.5 Å². The van der Waals surface area contributed by atoms with Crippen molar-refractivity contribution in [2.45, 2.75) is 51.5 Å². The number of esters is 3. The lowest BCUT2D eigenvalue weighted by Crippen LogP contribution is -2.61.